The van der Waals surface area contributed by atoms with Crippen molar-refractivity contribution in [3.63, 3.8) is 0 Å². The maximum atomic E-state index is 15.2. The number of halogens is 4. The molecule has 5 N–H and O–H groups in total. The molecule has 13 heteroatoms. The molecule has 2 aromatic rings. The first-order valence-corrected chi connectivity index (χ1v) is 12.6. The van der Waals surface area contributed by atoms with Crippen molar-refractivity contribution in [2.24, 2.45) is 24.6 Å². The number of hydrogen-bond acceptors (Lipinski definition) is 5. The largest absolute Gasteiger partial charge is 0.383 e. The number of primary amides is 1. The van der Waals surface area contributed by atoms with Gasteiger partial charge in [0, 0.05) is 18.7 Å². The SMILES string of the molecule is Cn1cnc(C2CC3CC(O)(C(F)(F)C(=O)NC4(C(N)=O)CC4)CC3C2)c1C(=O)Nc1ccc(F)c(Cl)c1. The van der Waals surface area contributed by atoms with E-state index in [1.165, 1.54) is 18.5 Å². The average Bonchev–Trinajstić information content (AvgIpc) is 3.19. The van der Waals surface area contributed by atoms with Gasteiger partial charge in [-0.15, -0.1) is 0 Å². The smallest absolute Gasteiger partial charge is 0.352 e. The summed E-state index contributed by atoms with van der Waals surface area (Å²) in [6, 6.07) is 3.80. The Morgan fingerprint density at radius 2 is 1.84 bits per heavy atom. The average molecular weight is 554 g/mol. The molecule has 3 amide bonds. The molecule has 0 saturated heterocycles. The molecule has 3 fully saturated rings. The third kappa shape index (κ3) is 4.33. The zero-order valence-electron chi connectivity index (χ0n) is 20.4. The number of alkyl halides is 2. The number of hydrogen-bond donors (Lipinski definition) is 4. The van der Waals surface area contributed by atoms with Gasteiger partial charge >= 0.3 is 5.92 Å². The van der Waals surface area contributed by atoms with Gasteiger partial charge in [0.25, 0.3) is 11.8 Å². The molecule has 0 aliphatic heterocycles. The molecular weight excluding hydrogens is 527 g/mol. The fourth-order valence-corrected chi connectivity index (χ4v) is 6.18. The van der Waals surface area contributed by atoms with Crippen LogP contribution in [-0.2, 0) is 16.6 Å². The van der Waals surface area contributed by atoms with Crippen LogP contribution in [0.1, 0.15) is 60.6 Å². The Morgan fingerprint density at radius 1 is 1.21 bits per heavy atom. The lowest BCUT2D eigenvalue weighted by molar-refractivity contribution is -0.193. The van der Waals surface area contributed by atoms with Crippen LogP contribution in [0.25, 0.3) is 0 Å². The van der Waals surface area contributed by atoms with Crippen LogP contribution in [0.2, 0.25) is 5.02 Å². The van der Waals surface area contributed by atoms with Gasteiger partial charge in [0.1, 0.15) is 22.7 Å². The minimum absolute atomic E-state index is 0.142. The fraction of sp³-hybridized carbons (Fsp3) is 0.520. The second kappa shape index (κ2) is 8.98. The number of imidazole rings is 1. The number of fused-ring (bicyclic) bond motifs is 1. The molecule has 3 saturated carbocycles. The summed E-state index contributed by atoms with van der Waals surface area (Å²) in [5.74, 6) is -8.64. The standard InChI is InChI=1S/C25H27ClF3N5O4/c1-34-11-31-18(19(34)20(35)32-15-2-3-17(27)16(26)8-15)12-6-13-9-24(38,10-14(13)7-12)25(28,29)22(37)33-23(4-5-23)21(30)36/h2-3,8,11-14,38H,4-7,9-10H2,1H3,(H2,30,36)(H,32,35)(H,33,37). The highest BCUT2D eigenvalue weighted by atomic mass is 35.5. The summed E-state index contributed by atoms with van der Waals surface area (Å²) in [7, 11) is 1.65. The Labute approximate surface area is 220 Å². The number of nitrogens with two attached hydrogens (primary N) is 1. The monoisotopic (exact) mass is 553 g/mol. The van der Waals surface area contributed by atoms with Gasteiger partial charge in [0.05, 0.1) is 17.0 Å². The van der Waals surface area contributed by atoms with E-state index in [4.69, 9.17) is 17.3 Å². The van der Waals surface area contributed by atoms with Crippen molar-refractivity contribution < 1.29 is 32.7 Å². The first-order valence-electron chi connectivity index (χ1n) is 12.3. The van der Waals surface area contributed by atoms with E-state index in [1.807, 2.05) is 5.32 Å². The Balaban J connectivity index is 1.28. The molecule has 2 atom stereocenters. The number of carbonyl (C=O) groups excluding carboxylic acids is 3. The zero-order chi connectivity index (χ0) is 27.6. The minimum atomic E-state index is -4.11. The van der Waals surface area contributed by atoms with Crippen molar-refractivity contribution >= 4 is 35.0 Å². The Morgan fingerprint density at radius 3 is 2.39 bits per heavy atom. The highest BCUT2D eigenvalue weighted by molar-refractivity contribution is 6.31. The summed E-state index contributed by atoms with van der Waals surface area (Å²) in [6.07, 6.45) is 2.04. The number of anilines is 1. The Kier molecular flexibility index (Phi) is 6.26. The van der Waals surface area contributed by atoms with E-state index in [-0.39, 0.29) is 54.2 Å². The zero-order valence-corrected chi connectivity index (χ0v) is 21.2. The summed E-state index contributed by atoms with van der Waals surface area (Å²) in [5, 5.41) is 15.5. The van der Waals surface area contributed by atoms with Crippen LogP contribution in [0, 0.1) is 17.7 Å². The van der Waals surface area contributed by atoms with Crippen molar-refractivity contribution in [3.05, 3.63) is 46.8 Å². The van der Waals surface area contributed by atoms with Gasteiger partial charge in [-0.05, 0) is 68.6 Å². The molecule has 2 unspecified atom stereocenters. The van der Waals surface area contributed by atoms with Gasteiger partial charge in [-0.3, -0.25) is 14.4 Å². The quantitative estimate of drug-likeness (QED) is 0.417. The van der Waals surface area contributed by atoms with Crippen LogP contribution in [0.15, 0.2) is 24.5 Å². The second-order valence-electron chi connectivity index (χ2n) is 10.8. The second-order valence-corrected chi connectivity index (χ2v) is 11.2. The molecule has 38 heavy (non-hydrogen) atoms. The Bertz CT molecular complexity index is 1310. The van der Waals surface area contributed by atoms with Crippen LogP contribution in [-0.4, -0.2) is 49.4 Å². The lowest BCUT2D eigenvalue weighted by Crippen LogP contribution is -2.60. The van der Waals surface area contributed by atoms with Gasteiger partial charge in [-0.2, -0.15) is 8.78 Å². The van der Waals surface area contributed by atoms with Crippen LogP contribution >= 0.6 is 11.6 Å². The number of aliphatic hydroxyl groups is 1. The Hall–Kier alpha value is -3.12. The normalized spacial score (nSPS) is 27.6. The van der Waals surface area contributed by atoms with E-state index < -0.39 is 40.6 Å². The first kappa shape index (κ1) is 26.5. The summed E-state index contributed by atoms with van der Waals surface area (Å²) < 4.78 is 45.4. The van der Waals surface area contributed by atoms with E-state index in [2.05, 4.69) is 10.3 Å². The molecule has 3 aliphatic carbocycles. The van der Waals surface area contributed by atoms with Crippen molar-refractivity contribution in [1.29, 1.82) is 0 Å². The number of nitrogens with zero attached hydrogens (tertiary/aromatic N) is 2. The third-order valence-electron chi connectivity index (χ3n) is 8.23. The molecule has 3 aliphatic rings. The molecule has 9 nitrogen and oxygen atoms in total. The van der Waals surface area contributed by atoms with Crippen molar-refractivity contribution in [2.45, 2.75) is 61.5 Å². The third-order valence-corrected chi connectivity index (χ3v) is 8.52. The molecule has 1 aromatic heterocycles. The van der Waals surface area contributed by atoms with Crippen molar-refractivity contribution in [2.75, 3.05) is 5.32 Å². The van der Waals surface area contributed by atoms with Crippen LogP contribution in [0.3, 0.4) is 0 Å². The number of aromatic nitrogens is 2. The number of benzene rings is 1. The number of nitrogens with one attached hydrogen (secondary N) is 2. The summed E-state index contributed by atoms with van der Waals surface area (Å²) >= 11 is 5.80. The topological polar surface area (TPSA) is 139 Å². The minimum Gasteiger partial charge on any atom is -0.383 e. The number of rotatable bonds is 7. The molecule has 0 spiro atoms. The van der Waals surface area contributed by atoms with E-state index in [0.717, 1.165) is 6.07 Å². The van der Waals surface area contributed by atoms with Gasteiger partial charge in [-0.1, -0.05) is 11.6 Å². The molecule has 204 valence electrons. The van der Waals surface area contributed by atoms with E-state index in [0.29, 0.717) is 24.2 Å². The lowest BCUT2D eigenvalue weighted by atomic mass is 9.87. The maximum absolute atomic E-state index is 15.2. The van der Waals surface area contributed by atoms with E-state index >= 15 is 8.78 Å². The molecule has 5 rings (SSSR count). The molecule has 0 radical (unpaired) electrons. The van der Waals surface area contributed by atoms with Crippen molar-refractivity contribution in [1.82, 2.24) is 14.9 Å². The highest BCUT2D eigenvalue weighted by Gasteiger charge is 2.66. The summed E-state index contributed by atoms with van der Waals surface area (Å²) in [5.41, 5.74) is 2.27. The fourth-order valence-electron chi connectivity index (χ4n) is 6.00. The highest BCUT2D eigenvalue weighted by Crippen LogP contribution is 2.57. The van der Waals surface area contributed by atoms with Gasteiger partial charge in [0.2, 0.25) is 5.91 Å². The van der Waals surface area contributed by atoms with Crippen LogP contribution in [0.4, 0.5) is 18.9 Å². The summed E-state index contributed by atoms with van der Waals surface area (Å²) in [4.78, 5) is 41.4. The number of amides is 3. The first-order chi connectivity index (χ1) is 17.8. The maximum Gasteiger partial charge on any atom is 0.352 e. The predicted octanol–water partition coefficient (Wildman–Crippen LogP) is 2.87. The molecule has 0 bridgehead atoms. The predicted molar refractivity (Wildman–Crippen MR) is 130 cm³/mol. The van der Waals surface area contributed by atoms with Crippen LogP contribution < -0.4 is 16.4 Å². The lowest BCUT2D eigenvalue weighted by Gasteiger charge is -2.33. The van der Waals surface area contributed by atoms with E-state index in [1.54, 1.807) is 11.6 Å². The van der Waals surface area contributed by atoms with Crippen molar-refractivity contribution in [3.8, 4) is 0 Å². The number of aryl methyl sites for hydroxylation is 1. The molecule has 1 aromatic carbocycles. The number of carbonyl (C=O) groups is 3. The van der Waals surface area contributed by atoms with Crippen LogP contribution in [0.5, 0.6) is 0 Å². The molecular formula is C25H27ClF3N5O4. The molecule has 1 heterocycles. The van der Waals surface area contributed by atoms with Gasteiger partial charge in [-0.25, -0.2) is 9.37 Å². The van der Waals surface area contributed by atoms with E-state index in [9.17, 15) is 23.9 Å². The van der Waals surface area contributed by atoms with Gasteiger partial charge < -0.3 is 26.0 Å². The summed E-state index contributed by atoms with van der Waals surface area (Å²) in [6.45, 7) is 0. The van der Waals surface area contributed by atoms with Gasteiger partial charge in [0.15, 0.2) is 0 Å².